The molecule has 0 radical (unpaired) electrons. The number of benzene rings is 3. The Morgan fingerprint density at radius 2 is 1.66 bits per heavy atom. The third-order valence-corrected chi connectivity index (χ3v) is 6.91. The number of halogens is 3. The first-order valence-corrected chi connectivity index (χ1v) is 13.9. The quantitative estimate of drug-likeness (QED) is 0.170. The van der Waals surface area contributed by atoms with Gasteiger partial charge in [-0.15, -0.1) is 0 Å². The first-order valence-electron chi connectivity index (χ1n) is 12.1. The largest absolute Gasteiger partial charge is 0.497 e. The Bertz CT molecular complexity index is 1900. The monoisotopic (exact) mass is 584 g/mol. The van der Waals surface area contributed by atoms with E-state index in [1.807, 2.05) is 12.1 Å². The lowest BCUT2D eigenvalue weighted by Crippen LogP contribution is -2.09. The molecule has 0 bridgehead atoms. The van der Waals surface area contributed by atoms with Crippen LogP contribution in [-0.4, -0.2) is 44.4 Å². The van der Waals surface area contributed by atoms with Crippen molar-refractivity contribution in [3.63, 3.8) is 0 Å². The van der Waals surface area contributed by atoms with Crippen LogP contribution in [0.5, 0.6) is 11.5 Å². The van der Waals surface area contributed by atoms with Crippen LogP contribution in [0.2, 0.25) is 0 Å². The van der Waals surface area contributed by atoms with Crippen LogP contribution < -0.4 is 8.92 Å². The van der Waals surface area contributed by atoms with Crippen LogP contribution >= 0.6 is 0 Å². The average Bonchev–Trinajstić information content (AvgIpc) is 3.23. The molecule has 0 saturated carbocycles. The fraction of sp³-hybridized carbons (Fsp3) is 0.172. The standard InChI is InChI=1S/C29H23F3N2O6S/c1-38-20-9-7-17(8-10-20)16-34-25-14-21(40-41(3,36)37)11-12-22(25)26-27(34)23(28(35)39-2)15-24(33-26)18-5-4-6-19(13-18)29(30,31)32/h4-15H,16H2,1-3H3. The van der Waals surface area contributed by atoms with Crippen molar-refractivity contribution >= 4 is 38.0 Å². The van der Waals surface area contributed by atoms with Crippen molar-refractivity contribution in [3.8, 4) is 22.8 Å². The summed E-state index contributed by atoms with van der Waals surface area (Å²) in [4.78, 5) is 17.8. The van der Waals surface area contributed by atoms with Gasteiger partial charge in [-0.2, -0.15) is 21.6 Å². The molecule has 0 aliphatic rings. The number of fused-ring (bicyclic) bond motifs is 3. The van der Waals surface area contributed by atoms with E-state index in [-0.39, 0.29) is 29.1 Å². The number of alkyl halides is 3. The lowest BCUT2D eigenvalue weighted by Gasteiger charge is -2.13. The second kappa shape index (κ2) is 10.4. The van der Waals surface area contributed by atoms with Crippen LogP contribution in [0.3, 0.4) is 0 Å². The lowest BCUT2D eigenvalue weighted by molar-refractivity contribution is -0.137. The third-order valence-electron chi connectivity index (χ3n) is 6.42. The number of methoxy groups -OCH3 is 2. The lowest BCUT2D eigenvalue weighted by atomic mass is 10.0. The van der Waals surface area contributed by atoms with E-state index < -0.39 is 27.8 Å². The second-order valence-corrected chi connectivity index (χ2v) is 10.8. The topological polar surface area (TPSA) is 96.7 Å². The molecule has 0 atom stereocenters. The summed E-state index contributed by atoms with van der Waals surface area (Å²) in [5.74, 6) is -0.0454. The maximum atomic E-state index is 13.5. The fourth-order valence-electron chi connectivity index (χ4n) is 4.63. The van der Waals surface area contributed by atoms with Gasteiger partial charge in [0, 0.05) is 23.6 Å². The number of carbonyl (C=O) groups excluding carboxylic acids is 1. The predicted octanol–water partition coefficient (Wildman–Crippen LogP) is 6.06. The molecule has 5 rings (SSSR count). The summed E-state index contributed by atoms with van der Waals surface area (Å²) in [5, 5.41) is 0.522. The molecule has 0 spiro atoms. The predicted molar refractivity (Wildman–Crippen MR) is 147 cm³/mol. The highest BCUT2D eigenvalue weighted by Gasteiger charge is 2.31. The molecule has 12 heteroatoms. The van der Waals surface area contributed by atoms with Crippen molar-refractivity contribution in [2.75, 3.05) is 20.5 Å². The van der Waals surface area contributed by atoms with Crippen molar-refractivity contribution in [1.82, 2.24) is 9.55 Å². The van der Waals surface area contributed by atoms with Crippen LogP contribution in [0.25, 0.3) is 33.2 Å². The Balaban J connectivity index is 1.82. The number of nitrogens with zero attached hydrogens (tertiary/aromatic N) is 2. The molecule has 41 heavy (non-hydrogen) atoms. The van der Waals surface area contributed by atoms with E-state index in [1.165, 1.54) is 37.4 Å². The zero-order chi connectivity index (χ0) is 29.5. The summed E-state index contributed by atoms with van der Waals surface area (Å²) >= 11 is 0. The summed E-state index contributed by atoms with van der Waals surface area (Å²) in [6.07, 6.45) is -3.65. The van der Waals surface area contributed by atoms with Crippen LogP contribution in [0.4, 0.5) is 13.2 Å². The zero-order valence-electron chi connectivity index (χ0n) is 22.0. The second-order valence-electron chi connectivity index (χ2n) is 9.22. The molecule has 0 fully saturated rings. The van der Waals surface area contributed by atoms with Crippen molar-refractivity contribution in [2.45, 2.75) is 12.7 Å². The average molecular weight is 585 g/mol. The van der Waals surface area contributed by atoms with Crippen LogP contribution in [0.1, 0.15) is 21.5 Å². The molecule has 8 nitrogen and oxygen atoms in total. The molecule has 0 aliphatic heterocycles. The molecule has 0 aliphatic carbocycles. The van der Waals surface area contributed by atoms with Gasteiger partial charge in [0.15, 0.2) is 0 Å². The number of carbonyl (C=O) groups is 1. The van der Waals surface area contributed by atoms with Gasteiger partial charge in [-0.05, 0) is 48.0 Å². The van der Waals surface area contributed by atoms with Gasteiger partial charge in [0.2, 0.25) is 0 Å². The van der Waals surface area contributed by atoms with E-state index in [0.29, 0.717) is 27.7 Å². The fourth-order valence-corrected chi connectivity index (χ4v) is 5.08. The molecule has 0 amide bonds. The molecule has 0 saturated heterocycles. The summed E-state index contributed by atoms with van der Waals surface area (Å²) < 4.78 is 81.2. The number of pyridine rings is 1. The summed E-state index contributed by atoms with van der Waals surface area (Å²) in [7, 11) is -1.10. The van der Waals surface area contributed by atoms with Crippen molar-refractivity contribution in [3.05, 3.63) is 89.5 Å². The van der Waals surface area contributed by atoms with Crippen molar-refractivity contribution in [2.24, 2.45) is 0 Å². The Kier molecular flexibility index (Phi) is 7.12. The number of hydrogen-bond donors (Lipinski definition) is 0. The highest BCUT2D eigenvalue weighted by Crippen LogP contribution is 2.37. The first kappa shape index (κ1) is 28.0. The minimum Gasteiger partial charge on any atom is -0.497 e. The molecule has 5 aromatic rings. The van der Waals surface area contributed by atoms with Gasteiger partial charge in [-0.3, -0.25) is 0 Å². The number of hydrogen-bond acceptors (Lipinski definition) is 7. The van der Waals surface area contributed by atoms with Gasteiger partial charge in [0.1, 0.15) is 11.5 Å². The maximum Gasteiger partial charge on any atom is 0.416 e. The van der Waals surface area contributed by atoms with Crippen LogP contribution in [0.15, 0.2) is 72.8 Å². The minimum absolute atomic E-state index is 0.0384. The van der Waals surface area contributed by atoms with E-state index in [2.05, 4.69) is 0 Å². The Hall–Kier alpha value is -4.58. The number of esters is 1. The van der Waals surface area contributed by atoms with Gasteiger partial charge in [-0.1, -0.05) is 24.3 Å². The molecular weight excluding hydrogens is 561 g/mol. The van der Waals surface area contributed by atoms with Crippen LogP contribution in [-0.2, 0) is 27.6 Å². The molecule has 2 heterocycles. The number of rotatable bonds is 7. The van der Waals surface area contributed by atoms with Crippen LogP contribution in [0, 0.1) is 0 Å². The van der Waals surface area contributed by atoms with E-state index in [1.54, 1.807) is 29.9 Å². The first-order chi connectivity index (χ1) is 19.4. The third kappa shape index (κ3) is 5.68. The van der Waals surface area contributed by atoms with Gasteiger partial charge < -0.3 is 18.2 Å². The van der Waals surface area contributed by atoms with E-state index in [9.17, 15) is 26.4 Å². The van der Waals surface area contributed by atoms with Gasteiger partial charge in [0.25, 0.3) is 0 Å². The molecule has 3 aromatic carbocycles. The summed E-state index contributed by atoms with van der Waals surface area (Å²) in [6.45, 7) is 0.223. The zero-order valence-corrected chi connectivity index (χ0v) is 22.8. The van der Waals surface area contributed by atoms with E-state index in [4.69, 9.17) is 18.6 Å². The molecule has 0 N–H and O–H groups in total. The van der Waals surface area contributed by atoms with E-state index in [0.717, 1.165) is 24.0 Å². The Morgan fingerprint density at radius 1 is 0.951 bits per heavy atom. The Labute approximate surface area is 233 Å². The number of aromatic nitrogens is 2. The SMILES string of the molecule is COC(=O)c1cc(-c2cccc(C(F)(F)F)c2)nc2c3ccc(OS(C)(=O)=O)cc3n(Cc3ccc(OC)cc3)c12. The summed E-state index contributed by atoms with van der Waals surface area (Å²) in [6, 6.07) is 17.8. The van der Waals surface area contributed by atoms with Crippen molar-refractivity contribution in [1.29, 1.82) is 0 Å². The molecule has 2 aromatic heterocycles. The normalized spacial score (nSPS) is 12.0. The van der Waals surface area contributed by atoms with Gasteiger partial charge in [0.05, 0.1) is 53.8 Å². The van der Waals surface area contributed by atoms with Crippen molar-refractivity contribution < 1.29 is 40.0 Å². The van der Waals surface area contributed by atoms with Gasteiger partial charge in [-0.25, -0.2) is 9.78 Å². The maximum absolute atomic E-state index is 13.5. The highest BCUT2D eigenvalue weighted by atomic mass is 32.2. The molecular formula is C29H23F3N2O6S. The summed E-state index contributed by atoms with van der Waals surface area (Å²) in [5.41, 5.74) is 1.46. The molecule has 0 unspecified atom stereocenters. The highest BCUT2D eigenvalue weighted by molar-refractivity contribution is 7.86. The number of ether oxygens (including phenoxy) is 2. The molecule has 212 valence electrons. The Morgan fingerprint density at radius 3 is 2.29 bits per heavy atom. The smallest absolute Gasteiger partial charge is 0.416 e. The van der Waals surface area contributed by atoms with E-state index >= 15 is 0 Å². The van der Waals surface area contributed by atoms with Gasteiger partial charge >= 0.3 is 22.3 Å². The minimum atomic E-state index is -4.57.